The summed E-state index contributed by atoms with van der Waals surface area (Å²) in [5, 5.41) is 2.70. The van der Waals surface area contributed by atoms with Crippen molar-refractivity contribution in [1.82, 2.24) is 9.97 Å². The lowest BCUT2D eigenvalue weighted by molar-refractivity contribution is -0.119. The van der Waals surface area contributed by atoms with Crippen molar-refractivity contribution in [3.63, 3.8) is 0 Å². The second-order valence-corrected chi connectivity index (χ2v) is 3.49. The van der Waals surface area contributed by atoms with E-state index in [9.17, 15) is 13.2 Å². The molecule has 1 aromatic heterocycles. The van der Waals surface area contributed by atoms with E-state index < -0.39 is 12.7 Å². The lowest BCUT2D eigenvalue weighted by Gasteiger charge is -2.20. The summed E-state index contributed by atoms with van der Waals surface area (Å²) < 4.78 is 36.5. The molecule has 4 nitrogen and oxygen atoms in total. The van der Waals surface area contributed by atoms with E-state index in [2.05, 4.69) is 15.3 Å². The van der Waals surface area contributed by atoms with Crippen LogP contribution in [0.15, 0.2) is 6.20 Å². The molecule has 90 valence electrons. The molecule has 0 bridgehead atoms. The van der Waals surface area contributed by atoms with E-state index in [0.717, 1.165) is 4.90 Å². The van der Waals surface area contributed by atoms with Crippen molar-refractivity contribution in [3.05, 3.63) is 11.2 Å². The molecule has 1 rings (SSSR count). The zero-order valence-electron chi connectivity index (χ0n) is 8.64. The van der Waals surface area contributed by atoms with Crippen LogP contribution < -0.4 is 10.2 Å². The summed E-state index contributed by atoms with van der Waals surface area (Å²) >= 11 is 5.72. The summed E-state index contributed by atoms with van der Waals surface area (Å²) in [7, 11) is 2.83. The Balaban J connectivity index is 2.93. The summed E-state index contributed by atoms with van der Waals surface area (Å²) in [4.78, 5) is 8.54. The Bertz CT molecular complexity index is 369. The van der Waals surface area contributed by atoms with Gasteiger partial charge in [-0.1, -0.05) is 11.6 Å². The van der Waals surface area contributed by atoms with Crippen molar-refractivity contribution in [2.24, 2.45) is 0 Å². The van der Waals surface area contributed by atoms with Gasteiger partial charge < -0.3 is 10.2 Å². The van der Waals surface area contributed by atoms with Gasteiger partial charge in [-0.05, 0) is 0 Å². The minimum atomic E-state index is -4.30. The Labute approximate surface area is 95.4 Å². The third-order valence-electron chi connectivity index (χ3n) is 1.73. The Morgan fingerprint density at radius 1 is 1.50 bits per heavy atom. The molecule has 0 aliphatic rings. The third-order valence-corrected chi connectivity index (χ3v) is 1.99. The quantitative estimate of drug-likeness (QED) is 0.898. The molecule has 0 atom stereocenters. The smallest absolute Gasteiger partial charge is 0.357 e. The van der Waals surface area contributed by atoms with Crippen molar-refractivity contribution < 1.29 is 13.2 Å². The predicted octanol–water partition coefficient (Wildman–Crippen LogP) is 2.17. The first-order valence-corrected chi connectivity index (χ1v) is 4.69. The van der Waals surface area contributed by atoms with E-state index in [1.165, 1.54) is 13.2 Å². The summed E-state index contributed by atoms with van der Waals surface area (Å²) in [6, 6.07) is 0. The Hall–Kier alpha value is -1.24. The fraction of sp³-hybridized carbons (Fsp3) is 0.500. The Morgan fingerprint density at radius 3 is 2.62 bits per heavy atom. The van der Waals surface area contributed by atoms with E-state index in [-0.39, 0.29) is 16.8 Å². The van der Waals surface area contributed by atoms with Crippen LogP contribution in [-0.2, 0) is 0 Å². The molecule has 0 unspecified atom stereocenters. The van der Waals surface area contributed by atoms with E-state index >= 15 is 0 Å². The average molecular weight is 255 g/mol. The fourth-order valence-corrected chi connectivity index (χ4v) is 1.33. The van der Waals surface area contributed by atoms with Crippen molar-refractivity contribution in [2.75, 3.05) is 30.9 Å². The maximum Gasteiger partial charge on any atom is 0.405 e. The second kappa shape index (κ2) is 4.73. The predicted molar refractivity (Wildman–Crippen MR) is 55.9 cm³/mol. The average Bonchev–Trinajstić information content (AvgIpc) is 2.15. The molecule has 0 spiro atoms. The normalized spacial score (nSPS) is 11.4. The zero-order chi connectivity index (χ0) is 12.3. The number of anilines is 2. The number of nitrogens with zero attached hydrogens (tertiary/aromatic N) is 3. The van der Waals surface area contributed by atoms with Crippen molar-refractivity contribution >= 4 is 23.4 Å². The van der Waals surface area contributed by atoms with Gasteiger partial charge in [0.25, 0.3) is 0 Å². The first-order chi connectivity index (χ1) is 7.33. The SMILES string of the molecule is CNc1ncc(Cl)c(N(C)CC(F)(F)F)n1. The lowest BCUT2D eigenvalue weighted by Crippen LogP contribution is -2.31. The number of nitrogens with one attached hydrogen (secondary N) is 1. The van der Waals surface area contributed by atoms with Gasteiger partial charge in [-0.15, -0.1) is 0 Å². The van der Waals surface area contributed by atoms with E-state index in [1.54, 1.807) is 7.05 Å². The molecule has 1 aromatic rings. The van der Waals surface area contributed by atoms with Crippen LogP contribution in [0, 0.1) is 0 Å². The third kappa shape index (κ3) is 3.41. The second-order valence-electron chi connectivity index (χ2n) is 3.09. The Morgan fingerprint density at radius 2 is 2.12 bits per heavy atom. The number of rotatable bonds is 3. The molecule has 8 heteroatoms. The fourth-order valence-electron chi connectivity index (χ4n) is 1.09. The molecule has 0 aliphatic carbocycles. The maximum atomic E-state index is 12.2. The number of aromatic nitrogens is 2. The molecule has 1 heterocycles. The van der Waals surface area contributed by atoms with E-state index in [1.807, 2.05) is 0 Å². The van der Waals surface area contributed by atoms with Crippen LogP contribution in [0.4, 0.5) is 24.9 Å². The summed E-state index contributed by atoms with van der Waals surface area (Å²) in [6.07, 6.45) is -3.05. The van der Waals surface area contributed by atoms with Crippen molar-refractivity contribution in [2.45, 2.75) is 6.18 Å². The van der Waals surface area contributed by atoms with Crippen LogP contribution >= 0.6 is 11.6 Å². The van der Waals surface area contributed by atoms with Crippen LogP contribution in [0.25, 0.3) is 0 Å². The molecule has 0 aliphatic heterocycles. The standard InChI is InChI=1S/C8H10ClF3N4/c1-13-7-14-3-5(9)6(15-7)16(2)4-8(10,11)12/h3H,4H2,1-2H3,(H,13,14,15). The number of hydrogen-bond acceptors (Lipinski definition) is 4. The highest BCUT2D eigenvalue weighted by molar-refractivity contribution is 6.32. The number of alkyl halides is 3. The van der Waals surface area contributed by atoms with Crippen LogP contribution in [-0.4, -0.2) is 36.8 Å². The highest BCUT2D eigenvalue weighted by Gasteiger charge is 2.30. The molecule has 0 fully saturated rings. The molecule has 1 N–H and O–H groups in total. The summed E-state index contributed by atoms with van der Waals surface area (Å²) in [6.45, 7) is -1.12. The van der Waals surface area contributed by atoms with Gasteiger partial charge in [0.2, 0.25) is 5.95 Å². The number of halogens is 4. The highest BCUT2D eigenvalue weighted by Crippen LogP contribution is 2.25. The number of hydrogen-bond donors (Lipinski definition) is 1. The first kappa shape index (κ1) is 12.8. The monoisotopic (exact) mass is 254 g/mol. The van der Waals surface area contributed by atoms with Crippen molar-refractivity contribution in [3.8, 4) is 0 Å². The molecular formula is C8H10ClF3N4. The van der Waals surface area contributed by atoms with Crippen LogP contribution in [0.1, 0.15) is 0 Å². The molecule has 0 amide bonds. The van der Waals surface area contributed by atoms with Crippen LogP contribution in [0.5, 0.6) is 0 Å². The van der Waals surface area contributed by atoms with Gasteiger partial charge in [-0.2, -0.15) is 18.2 Å². The summed E-state index contributed by atoms with van der Waals surface area (Å²) in [5.74, 6) is 0.256. The minimum absolute atomic E-state index is 0.0401. The largest absolute Gasteiger partial charge is 0.405 e. The van der Waals surface area contributed by atoms with Gasteiger partial charge in [0.05, 0.1) is 6.20 Å². The molecule has 0 saturated heterocycles. The van der Waals surface area contributed by atoms with Gasteiger partial charge >= 0.3 is 6.18 Å². The first-order valence-electron chi connectivity index (χ1n) is 4.31. The van der Waals surface area contributed by atoms with Gasteiger partial charge in [0, 0.05) is 14.1 Å². The molecule has 0 aromatic carbocycles. The Kier molecular flexibility index (Phi) is 3.79. The van der Waals surface area contributed by atoms with Crippen LogP contribution in [0.2, 0.25) is 5.02 Å². The van der Waals surface area contributed by atoms with Crippen molar-refractivity contribution in [1.29, 1.82) is 0 Å². The molecule has 16 heavy (non-hydrogen) atoms. The molecule has 0 radical (unpaired) electrons. The maximum absolute atomic E-state index is 12.2. The minimum Gasteiger partial charge on any atom is -0.357 e. The topological polar surface area (TPSA) is 41.1 Å². The van der Waals surface area contributed by atoms with Gasteiger partial charge in [0.15, 0.2) is 5.82 Å². The summed E-state index contributed by atoms with van der Waals surface area (Å²) in [5.41, 5.74) is 0. The van der Waals surface area contributed by atoms with E-state index in [4.69, 9.17) is 11.6 Å². The van der Waals surface area contributed by atoms with Gasteiger partial charge in [-0.3, -0.25) is 0 Å². The van der Waals surface area contributed by atoms with Gasteiger partial charge in [-0.25, -0.2) is 4.98 Å². The molecule has 0 saturated carbocycles. The van der Waals surface area contributed by atoms with E-state index in [0.29, 0.717) is 0 Å². The molecular weight excluding hydrogens is 245 g/mol. The van der Waals surface area contributed by atoms with Crippen LogP contribution in [0.3, 0.4) is 0 Å². The lowest BCUT2D eigenvalue weighted by atomic mass is 10.4. The zero-order valence-corrected chi connectivity index (χ0v) is 9.39. The highest BCUT2D eigenvalue weighted by atomic mass is 35.5. The van der Waals surface area contributed by atoms with Gasteiger partial charge in [0.1, 0.15) is 11.6 Å².